The first-order chi connectivity index (χ1) is 14.7. The molecule has 0 bridgehead atoms. The Bertz CT molecular complexity index is 1050. The zero-order valence-electron chi connectivity index (χ0n) is 18.7. The van der Waals surface area contributed by atoms with Gasteiger partial charge in [-0.05, 0) is 61.1 Å². The molecule has 0 spiro atoms. The fraction of sp³-hybridized carbons (Fsp3) is 0.500. The first kappa shape index (κ1) is 22.1. The highest BCUT2D eigenvalue weighted by atomic mass is 32.2. The van der Waals surface area contributed by atoms with E-state index < -0.39 is 16.1 Å². The molecule has 1 fully saturated rings. The number of aryl methyl sites for hydroxylation is 3. The molecular formula is C24H33N3O3S. The van der Waals surface area contributed by atoms with Gasteiger partial charge in [0.15, 0.2) is 0 Å². The number of anilines is 2. The van der Waals surface area contributed by atoms with Gasteiger partial charge in [-0.25, -0.2) is 8.42 Å². The normalized spacial score (nSPS) is 18.7. The summed E-state index contributed by atoms with van der Waals surface area (Å²) in [7, 11) is -3.27. The van der Waals surface area contributed by atoms with Crippen LogP contribution in [-0.4, -0.2) is 63.9 Å². The number of hydrogen-bond donors (Lipinski definition) is 1. The molecule has 0 radical (unpaired) electrons. The molecule has 7 heteroatoms. The summed E-state index contributed by atoms with van der Waals surface area (Å²) in [6.45, 7) is 9.13. The van der Waals surface area contributed by atoms with Crippen molar-refractivity contribution in [3.63, 3.8) is 0 Å². The molecule has 0 aromatic heterocycles. The third-order valence-electron chi connectivity index (χ3n) is 6.47. The minimum Gasteiger partial charge on any atom is -0.387 e. The summed E-state index contributed by atoms with van der Waals surface area (Å²) >= 11 is 0. The summed E-state index contributed by atoms with van der Waals surface area (Å²) in [5, 5.41) is 10.9. The van der Waals surface area contributed by atoms with Crippen LogP contribution in [0.1, 0.15) is 34.8 Å². The van der Waals surface area contributed by atoms with Gasteiger partial charge in [-0.15, -0.1) is 0 Å². The van der Waals surface area contributed by atoms with Crippen LogP contribution < -0.4 is 9.21 Å². The monoisotopic (exact) mass is 443 g/mol. The lowest BCUT2D eigenvalue weighted by molar-refractivity contribution is 0.109. The summed E-state index contributed by atoms with van der Waals surface area (Å²) < 4.78 is 25.6. The number of hydrogen-bond acceptors (Lipinski definition) is 5. The lowest BCUT2D eigenvalue weighted by Gasteiger charge is -2.38. The van der Waals surface area contributed by atoms with Gasteiger partial charge in [-0.2, -0.15) is 0 Å². The van der Waals surface area contributed by atoms with Gasteiger partial charge in [0.1, 0.15) is 0 Å². The molecule has 6 nitrogen and oxygen atoms in total. The average molecular weight is 444 g/mol. The fourth-order valence-corrected chi connectivity index (χ4v) is 5.71. The Labute approximate surface area is 186 Å². The Hall–Kier alpha value is -2.09. The highest BCUT2D eigenvalue weighted by Crippen LogP contribution is 2.32. The van der Waals surface area contributed by atoms with Crippen LogP contribution in [0.3, 0.4) is 0 Å². The van der Waals surface area contributed by atoms with Crippen molar-refractivity contribution < 1.29 is 13.5 Å². The summed E-state index contributed by atoms with van der Waals surface area (Å²) in [4.78, 5) is 4.75. The molecule has 2 heterocycles. The maximum atomic E-state index is 12.1. The van der Waals surface area contributed by atoms with E-state index in [1.165, 1.54) is 27.4 Å². The third-order valence-corrected chi connectivity index (χ3v) is 7.65. The summed E-state index contributed by atoms with van der Waals surface area (Å²) in [5.74, 6) is 0. The van der Waals surface area contributed by atoms with Crippen molar-refractivity contribution in [2.75, 3.05) is 54.7 Å². The van der Waals surface area contributed by atoms with Gasteiger partial charge in [-0.3, -0.25) is 9.21 Å². The lowest BCUT2D eigenvalue weighted by atomic mass is 9.98. The molecule has 31 heavy (non-hydrogen) atoms. The van der Waals surface area contributed by atoms with E-state index in [9.17, 15) is 13.5 Å². The predicted octanol–water partition coefficient (Wildman–Crippen LogP) is 2.87. The Morgan fingerprint density at radius 3 is 2.42 bits per heavy atom. The number of sulfonamides is 1. The number of benzene rings is 2. The van der Waals surface area contributed by atoms with E-state index in [2.05, 4.69) is 41.8 Å². The number of β-amino-alcohol motifs (C(OH)–C–C–N with tert-alkyl or cyclic N) is 1. The molecule has 2 aliphatic rings. The molecule has 4 rings (SSSR count). The number of aliphatic hydroxyl groups is 1. The van der Waals surface area contributed by atoms with Crippen LogP contribution >= 0.6 is 0 Å². The van der Waals surface area contributed by atoms with Crippen LogP contribution in [0.15, 0.2) is 36.4 Å². The molecule has 1 unspecified atom stereocenters. The largest absolute Gasteiger partial charge is 0.387 e. The Morgan fingerprint density at radius 2 is 1.71 bits per heavy atom. The van der Waals surface area contributed by atoms with Crippen molar-refractivity contribution in [3.05, 3.63) is 58.7 Å². The second-order valence-corrected chi connectivity index (χ2v) is 10.8. The highest BCUT2D eigenvalue weighted by molar-refractivity contribution is 7.92. The molecule has 2 aromatic rings. The second kappa shape index (κ2) is 8.81. The summed E-state index contributed by atoms with van der Waals surface area (Å²) in [6.07, 6.45) is 2.32. The molecule has 1 saturated heterocycles. The fourth-order valence-electron chi connectivity index (χ4n) is 4.72. The average Bonchev–Trinajstić information content (AvgIpc) is 2.74. The Kier molecular flexibility index (Phi) is 6.28. The van der Waals surface area contributed by atoms with Crippen LogP contribution in [0.25, 0.3) is 0 Å². The minimum absolute atomic E-state index is 0.526. The van der Waals surface area contributed by atoms with E-state index in [0.29, 0.717) is 13.1 Å². The smallest absolute Gasteiger partial charge is 0.232 e. The number of nitrogens with zero attached hydrogens (tertiary/aromatic N) is 3. The number of aliphatic hydroxyl groups excluding tert-OH is 1. The molecule has 1 N–H and O–H groups in total. The standard InChI is InChI=1S/C24H33N3O3S/c1-18-6-7-19(2)23(15-18)26-13-11-25(12-14-26)17-24(28)21-8-9-22-20(16-21)5-4-10-27(22)31(3,29)30/h6-9,15-16,24,28H,4-5,10-14,17H2,1-3H3. The topological polar surface area (TPSA) is 64.1 Å². The lowest BCUT2D eigenvalue weighted by Crippen LogP contribution is -2.47. The van der Waals surface area contributed by atoms with Crippen LogP contribution in [0.4, 0.5) is 11.4 Å². The van der Waals surface area contributed by atoms with E-state index in [0.717, 1.165) is 55.8 Å². The second-order valence-electron chi connectivity index (χ2n) is 8.92. The SMILES string of the molecule is Cc1ccc(C)c(N2CCN(CC(O)c3ccc4c(c3)CCCN4S(C)(=O)=O)CC2)c1. The maximum absolute atomic E-state index is 12.1. The van der Waals surface area contributed by atoms with E-state index in [1.807, 2.05) is 18.2 Å². The van der Waals surface area contributed by atoms with E-state index in [1.54, 1.807) is 0 Å². The Balaban J connectivity index is 1.39. The Morgan fingerprint density at radius 1 is 0.968 bits per heavy atom. The van der Waals surface area contributed by atoms with Crippen molar-refractivity contribution in [2.24, 2.45) is 0 Å². The van der Waals surface area contributed by atoms with Gasteiger partial charge in [-0.1, -0.05) is 24.3 Å². The maximum Gasteiger partial charge on any atom is 0.232 e. The number of fused-ring (bicyclic) bond motifs is 1. The quantitative estimate of drug-likeness (QED) is 0.770. The zero-order valence-corrected chi connectivity index (χ0v) is 19.5. The first-order valence-corrected chi connectivity index (χ1v) is 12.9. The number of rotatable bonds is 5. The van der Waals surface area contributed by atoms with Crippen molar-refractivity contribution in [3.8, 4) is 0 Å². The molecule has 0 saturated carbocycles. The van der Waals surface area contributed by atoms with Gasteiger partial charge in [0.2, 0.25) is 10.0 Å². The van der Waals surface area contributed by atoms with Crippen molar-refractivity contribution in [1.82, 2.24) is 4.90 Å². The van der Waals surface area contributed by atoms with Crippen LogP contribution in [0, 0.1) is 13.8 Å². The van der Waals surface area contributed by atoms with Gasteiger partial charge in [0, 0.05) is 45.0 Å². The van der Waals surface area contributed by atoms with Crippen LogP contribution in [0.2, 0.25) is 0 Å². The van der Waals surface area contributed by atoms with E-state index in [4.69, 9.17) is 0 Å². The molecule has 0 amide bonds. The summed E-state index contributed by atoms with van der Waals surface area (Å²) in [6, 6.07) is 12.3. The van der Waals surface area contributed by atoms with Crippen molar-refractivity contribution >= 4 is 21.4 Å². The molecule has 168 valence electrons. The van der Waals surface area contributed by atoms with Crippen LogP contribution in [-0.2, 0) is 16.4 Å². The van der Waals surface area contributed by atoms with E-state index >= 15 is 0 Å². The zero-order chi connectivity index (χ0) is 22.2. The minimum atomic E-state index is -3.27. The number of piperazine rings is 1. The summed E-state index contributed by atoms with van der Waals surface area (Å²) in [5.41, 5.74) is 6.52. The van der Waals surface area contributed by atoms with Gasteiger partial charge >= 0.3 is 0 Å². The third kappa shape index (κ3) is 4.89. The van der Waals surface area contributed by atoms with Crippen molar-refractivity contribution in [1.29, 1.82) is 0 Å². The first-order valence-electron chi connectivity index (χ1n) is 11.1. The van der Waals surface area contributed by atoms with Crippen molar-refractivity contribution in [2.45, 2.75) is 32.8 Å². The van der Waals surface area contributed by atoms with Gasteiger partial charge < -0.3 is 10.0 Å². The van der Waals surface area contributed by atoms with Crippen LogP contribution in [0.5, 0.6) is 0 Å². The van der Waals surface area contributed by atoms with E-state index in [-0.39, 0.29) is 0 Å². The van der Waals surface area contributed by atoms with Gasteiger partial charge in [0.05, 0.1) is 18.0 Å². The predicted molar refractivity (Wildman–Crippen MR) is 126 cm³/mol. The molecular weight excluding hydrogens is 410 g/mol. The highest BCUT2D eigenvalue weighted by Gasteiger charge is 2.26. The molecule has 0 aliphatic carbocycles. The molecule has 2 aliphatic heterocycles. The van der Waals surface area contributed by atoms with Gasteiger partial charge in [0.25, 0.3) is 0 Å². The molecule has 2 aromatic carbocycles. The molecule has 1 atom stereocenters.